The summed E-state index contributed by atoms with van der Waals surface area (Å²) >= 11 is 0. The zero-order valence-corrected chi connectivity index (χ0v) is 12.0. The minimum atomic E-state index is 0.726. The Labute approximate surface area is 108 Å². The van der Waals surface area contributed by atoms with Crippen molar-refractivity contribution in [2.24, 2.45) is 5.92 Å². The molecule has 0 bridgehead atoms. The molecule has 0 amide bonds. The molecule has 0 radical (unpaired) electrons. The molecule has 1 unspecified atom stereocenters. The van der Waals surface area contributed by atoms with Gasteiger partial charge in [-0.1, -0.05) is 65.0 Å². The van der Waals surface area contributed by atoms with Gasteiger partial charge < -0.3 is 4.74 Å². The van der Waals surface area contributed by atoms with Crippen molar-refractivity contribution < 1.29 is 4.74 Å². The first kappa shape index (κ1) is 16.3. The number of hydrogen-bond donors (Lipinski definition) is 0. The normalized spacial score (nSPS) is 13.6. The molecule has 0 aromatic carbocycles. The molecule has 17 heavy (non-hydrogen) atoms. The lowest BCUT2D eigenvalue weighted by Crippen LogP contribution is -2.06. The third-order valence-electron chi connectivity index (χ3n) is 3.02. The lowest BCUT2D eigenvalue weighted by atomic mass is 10.0. The van der Waals surface area contributed by atoms with Crippen LogP contribution in [0.2, 0.25) is 0 Å². The Bertz CT molecular complexity index is 194. The zero-order chi connectivity index (χ0) is 12.8. The summed E-state index contributed by atoms with van der Waals surface area (Å²) in [6.07, 6.45) is 17.0. The van der Waals surface area contributed by atoms with E-state index in [0.717, 1.165) is 12.5 Å². The Kier molecular flexibility index (Phi) is 12.8. The summed E-state index contributed by atoms with van der Waals surface area (Å²) in [4.78, 5) is 0. The van der Waals surface area contributed by atoms with E-state index in [2.05, 4.69) is 32.9 Å². The summed E-state index contributed by atoms with van der Waals surface area (Å²) in [6, 6.07) is 0. The highest BCUT2D eigenvalue weighted by Crippen LogP contribution is 2.12. The van der Waals surface area contributed by atoms with Crippen molar-refractivity contribution in [1.82, 2.24) is 0 Å². The van der Waals surface area contributed by atoms with Crippen LogP contribution in [0.1, 0.15) is 65.7 Å². The van der Waals surface area contributed by atoms with Gasteiger partial charge in [0, 0.05) is 0 Å². The molecule has 0 aliphatic carbocycles. The standard InChI is InChI=1S/C16H30O/c1-4-7-9-10-11-12-14-17-15-16(6-3)13-8-5-2/h10-12,14,16H,4-9,13,15H2,1-3H3. The minimum absolute atomic E-state index is 0.726. The second-order valence-electron chi connectivity index (χ2n) is 4.65. The molecule has 0 spiro atoms. The molecule has 1 nitrogen and oxygen atoms in total. The van der Waals surface area contributed by atoms with Gasteiger partial charge in [0.05, 0.1) is 12.9 Å². The molecule has 0 aromatic rings. The molecule has 0 rings (SSSR count). The first-order valence-corrected chi connectivity index (χ1v) is 7.28. The molecule has 0 N–H and O–H groups in total. The van der Waals surface area contributed by atoms with Gasteiger partial charge in [-0.05, 0) is 24.8 Å². The summed E-state index contributed by atoms with van der Waals surface area (Å²) in [6.45, 7) is 7.58. The van der Waals surface area contributed by atoms with Gasteiger partial charge in [0.2, 0.25) is 0 Å². The molecule has 100 valence electrons. The first-order chi connectivity index (χ1) is 8.35. The molecule has 0 saturated heterocycles. The molecule has 0 aromatic heterocycles. The highest BCUT2D eigenvalue weighted by molar-refractivity contribution is 4.99. The van der Waals surface area contributed by atoms with E-state index in [1.54, 1.807) is 0 Å². The van der Waals surface area contributed by atoms with Crippen LogP contribution >= 0.6 is 0 Å². The number of allylic oxidation sites excluding steroid dienone is 3. The van der Waals surface area contributed by atoms with E-state index in [1.165, 1.54) is 44.9 Å². The van der Waals surface area contributed by atoms with Gasteiger partial charge in [0.15, 0.2) is 0 Å². The Hall–Kier alpha value is -0.720. The summed E-state index contributed by atoms with van der Waals surface area (Å²) in [5, 5.41) is 0. The molecular weight excluding hydrogens is 208 g/mol. The van der Waals surface area contributed by atoms with Crippen molar-refractivity contribution in [2.75, 3.05) is 6.61 Å². The summed E-state index contributed by atoms with van der Waals surface area (Å²) in [7, 11) is 0. The Morgan fingerprint density at radius 2 is 1.76 bits per heavy atom. The molecule has 0 fully saturated rings. The molecule has 0 heterocycles. The van der Waals surface area contributed by atoms with Crippen molar-refractivity contribution in [1.29, 1.82) is 0 Å². The quantitative estimate of drug-likeness (QED) is 0.263. The number of hydrogen-bond acceptors (Lipinski definition) is 1. The van der Waals surface area contributed by atoms with E-state index in [0.29, 0.717) is 0 Å². The maximum Gasteiger partial charge on any atom is 0.0901 e. The van der Waals surface area contributed by atoms with Crippen LogP contribution < -0.4 is 0 Å². The van der Waals surface area contributed by atoms with Crippen LogP contribution in [0.5, 0.6) is 0 Å². The van der Waals surface area contributed by atoms with Crippen molar-refractivity contribution in [3.8, 4) is 0 Å². The van der Waals surface area contributed by atoms with E-state index in [9.17, 15) is 0 Å². The zero-order valence-electron chi connectivity index (χ0n) is 12.0. The third kappa shape index (κ3) is 11.5. The lowest BCUT2D eigenvalue weighted by molar-refractivity contribution is 0.183. The van der Waals surface area contributed by atoms with Crippen LogP contribution in [0.4, 0.5) is 0 Å². The molecular formula is C16H30O. The largest absolute Gasteiger partial charge is 0.501 e. The summed E-state index contributed by atoms with van der Waals surface area (Å²) in [5.74, 6) is 0.726. The van der Waals surface area contributed by atoms with Crippen molar-refractivity contribution in [3.63, 3.8) is 0 Å². The molecule has 0 saturated carbocycles. The van der Waals surface area contributed by atoms with Crippen LogP contribution in [-0.4, -0.2) is 6.61 Å². The second-order valence-corrected chi connectivity index (χ2v) is 4.65. The average Bonchev–Trinajstić information content (AvgIpc) is 2.36. The van der Waals surface area contributed by atoms with E-state index in [-0.39, 0.29) is 0 Å². The first-order valence-electron chi connectivity index (χ1n) is 7.28. The summed E-state index contributed by atoms with van der Waals surface area (Å²) < 4.78 is 5.56. The van der Waals surface area contributed by atoms with Gasteiger partial charge in [-0.15, -0.1) is 0 Å². The maximum atomic E-state index is 5.56. The van der Waals surface area contributed by atoms with Crippen molar-refractivity contribution in [2.45, 2.75) is 65.7 Å². The van der Waals surface area contributed by atoms with Gasteiger partial charge in [-0.25, -0.2) is 0 Å². The van der Waals surface area contributed by atoms with Gasteiger partial charge in [-0.2, -0.15) is 0 Å². The Balaban J connectivity index is 3.51. The van der Waals surface area contributed by atoms with Crippen LogP contribution in [-0.2, 0) is 4.74 Å². The predicted molar refractivity (Wildman–Crippen MR) is 77.1 cm³/mol. The smallest absolute Gasteiger partial charge is 0.0901 e. The number of ether oxygens (including phenoxy) is 1. The maximum absolute atomic E-state index is 5.56. The third-order valence-corrected chi connectivity index (χ3v) is 3.02. The fourth-order valence-corrected chi connectivity index (χ4v) is 1.69. The van der Waals surface area contributed by atoms with Crippen LogP contribution in [0, 0.1) is 5.92 Å². The summed E-state index contributed by atoms with van der Waals surface area (Å²) in [5.41, 5.74) is 0. The van der Waals surface area contributed by atoms with Crippen LogP contribution in [0.25, 0.3) is 0 Å². The molecule has 0 aliphatic heterocycles. The van der Waals surface area contributed by atoms with E-state index in [4.69, 9.17) is 4.74 Å². The van der Waals surface area contributed by atoms with Crippen LogP contribution in [0.3, 0.4) is 0 Å². The number of unbranched alkanes of at least 4 members (excludes halogenated alkanes) is 3. The van der Waals surface area contributed by atoms with Gasteiger partial charge >= 0.3 is 0 Å². The van der Waals surface area contributed by atoms with E-state index >= 15 is 0 Å². The molecule has 0 aliphatic rings. The second kappa shape index (κ2) is 13.3. The van der Waals surface area contributed by atoms with E-state index in [1.807, 2.05) is 12.3 Å². The fraction of sp³-hybridized carbons (Fsp3) is 0.750. The predicted octanol–water partition coefficient (Wildman–Crippen LogP) is 5.48. The Morgan fingerprint density at radius 3 is 2.41 bits per heavy atom. The van der Waals surface area contributed by atoms with Crippen LogP contribution in [0.15, 0.2) is 24.5 Å². The van der Waals surface area contributed by atoms with Gasteiger partial charge in [0.25, 0.3) is 0 Å². The van der Waals surface area contributed by atoms with Crippen molar-refractivity contribution >= 4 is 0 Å². The van der Waals surface area contributed by atoms with E-state index < -0.39 is 0 Å². The lowest BCUT2D eigenvalue weighted by Gasteiger charge is -2.13. The highest BCUT2D eigenvalue weighted by Gasteiger charge is 2.04. The highest BCUT2D eigenvalue weighted by atomic mass is 16.5. The molecule has 1 heteroatoms. The van der Waals surface area contributed by atoms with Crippen molar-refractivity contribution in [3.05, 3.63) is 24.5 Å². The average molecular weight is 238 g/mol. The fourth-order valence-electron chi connectivity index (χ4n) is 1.69. The monoisotopic (exact) mass is 238 g/mol. The van der Waals surface area contributed by atoms with Gasteiger partial charge in [-0.3, -0.25) is 0 Å². The minimum Gasteiger partial charge on any atom is -0.501 e. The molecule has 1 atom stereocenters. The Morgan fingerprint density at radius 1 is 1.00 bits per heavy atom. The SMILES string of the molecule is CCCCC=CC=COCC(CC)CCCC. The van der Waals surface area contributed by atoms with Gasteiger partial charge in [0.1, 0.15) is 0 Å². The number of rotatable bonds is 11. The topological polar surface area (TPSA) is 9.23 Å².